The van der Waals surface area contributed by atoms with E-state index >= 15 is 0 Å². The molecular formula is C29H29ClFN5OS. The lowest BCUT2D eigenvalue weighted by Crippen LogP contribution is -2.49. The van der Waals surface area contributed by atoms with Crippen LogP contribution in [-0.4, -0.2) is 57.5 Å². The van der Waals surface area contributed by atoms with Gasteiger partial charge in [0.25, 0.3) is 0 Å². The lowest BCUT2D eigenvalue weighted by Gasteiger charge is -2.36. The number of piperazine rings is 1. The first kappa shape index (κ1) is 26.3. The molecule has 196 valence electrons. The van der Waals surface area contributed by atoms with E-state index in [-0.39, 0.29) is 11.7 Å². The van der Waals surface area contributed by atoms with E-state index in [1.165, 1.54) is 11.6 Å². The van der Waals surface area contributed by atoms with Crippen LogP contribution in [0.5, 0.6) is 0 Å². The van der Waals surface area contributed by atoms with Gasteiger partial charge in [0.1, 0.15) is 5.82 Å². The molecule has 0 atom stereocenters. The van der Waals surface area contributed by atoms with E-state index in [1.54, 1.807) is 23.9 Å². The number of nitrogens with zero attached hydrogens (tertiary/aromatic N) is 5. The van der Waals surface area contributed by atoms with E-state index in [0.29, 0.717) is 43.3 Å². The van der Waals surface area contributed by atoms with Crippen molar-refractivity contribution >= 4 is 35.0 Å². The summed E-state index contributed by atoms with van der Waals surface area (Å²) < 4.78 is 16.1. The summed E-state index contributed by atoms with van der Waals surface area (Å²) in [5.74, 6) is 1.39. The van der Waals surface area contributed by atoms with Crippen LogP contribution in [0.2, 0.25) is 5.02 Å². The minimum atomic E-state index is -0.222. The van der Waals surface area contributed by atoms with Gasteiger partial charge in [-0.3, -0.25) is 9.36 Å². The zero-order valence-electron chi connectivity index (χ0n) is 21.2. The minimum Gasteiger partial charge on any atom is -0.366 e. The van der Waals surface area contributed by atoms with Crippen LogP contribution in [0, 0.1) is 12.7 Å². The largest absolute Gasteiger partial charge is 0.366 e. The highest BCUT2D eigenvalue weighted by molar-refractivity contribution is 7.99. The van der Waals surface area contributed by atoms with Gasteiger partial charge in [-0.1, -0.05) is 71.4 Å². The van der Waals surface area contributed by atoms with Crippen molar-refractivity contribution < 1.29 is 9.18 Å². The molecule has 5 rings (SSSR count). The second-order valence-electron chi connectivity index (χ2n) is 9.26. The lowest BCUT2D eigenvalue weighted by molar-refractivity contribution is -0.131. The molecule has 1 amide bonds. The van der Waals surface area contributed by atoms with Crippen molar-refractivity contribution in [3.63, 3.8) is 0 Å². The molecule has 2 heterocycles. The number of rotatable bonds is 8. The van der Waals surface area contributed by atoms with E-state index in [4.69, 9.17) is 11.6 Å². The number of anilines is 1. The van der Waals surface area contributed by atoms with Crippen molar-refractivity contribution in [1.29, 1.82) is 0 Å². The first-order valence-electron chi connectivity index (χ1n) is 12.7. The molecule has 0 radical (unpaired) electrons. The number of thioether (sulfide) groups is 1. The summed E-state index contributed by atoms with van der Waals surface area (Å²) in [5, 5.41) is 10.4. The van der Waals surface area contributed by atoms with E-state index in [0.717, 1.165) is 34.4 Å². The average Bonchev–Trinajstić information content (AvgIpc) is 3.36. The number of hydrogen-bond donors (Lipinski definition) is 0. The van der Waals surface area contributed by atoms with Crippen LogP contribution in [0.25, 0.3) is 17.1 Å². The fourth-order valence-corrected chi connectivity index (χ4v) is 5.63. The molecule has 1 fully saturated rings. The van der Waals surface area contributed by atoms with E-state index in [2.05, 4.69) is 29.3 Å². The highest BCUT2D eigenvalue weighted by atomic mass is 35.5. The standard InChI is InChI=1S/C29H29ClFN5OS/c1-21-11-13-22(14-12-21)28-32-33-29(36(28)24-7-4-6-23(30)20-24)38-19-5-10-27(37)35-17-15-34(16-18-35)26-9-3-2-8-25(26)31/h2-4,6-9,11-14,20H,5,10,15-19H2,1H3. The van der Waals surface area contributed by atoms with Crippen LogP contribution < -0.4 is 4.90 Å². The fraction of sp³-hybridized carbons (Fsp3) is 0.276. The Balaban J connectivity index is 1.19. The molecule has 4 aromatic rings. The number of halogens is 2. The van der Waals surface area contributed by atoms with E-state index < -0.39 is 0 Å². The highest BCUT2D eigenvalue weighted by Gasteiger charge is 2.23. The van der Waals surface area contributed by atoms with Gasteiger partial charge in [0.15, 0.2) is 11.0 Å². The van der Waals surface area contributed by atoms with Crippen molar-refractivity contribution in [3.05, 3.63) is 89.2 Å². The second-order valence-corrected chi connectivity index (χ2v) is 10.8. The van der Waals surface area contributed by atoms with Crippen molar-refractivity contribution in [3.8, 4) is 17.1 Å². The predicted molar refractivity (Wildman–Crippen MR) is 152 cm³/mol. The smallest absolute Gasteiger partial charge is 0.222 e. The highest BCUT2D eigenvalue weighted by Crippen LogP contribution is 2.30. The number of aryl methyl sites for hydroxylation is 1. The summed E-state index contributed by atoms with van der Waals surface area (Å²) in [4.78, 5) is 16.7. The van der Waals surface area contributed by atoms with Gasteiger partial charge in [0.05, 0.1) is 11.4 Å². The molecule has 1 aromatic heterocycles. The molecule has 1 aliphatic rings. The second kappa shape index (κ2) is 12.0. The van der Waals surface area contributed by atoms with Gasteiger partial charge in [-0.15, -0.1) is 10.2 Å². The zero-order chi connectivity index (χ0) is 26.5. The first-order chi connectivity index (χ1) is 18.5. The minimum absolute atomic E-state index is 0.135. The molecule has 3 aromatic carbocycles. The maximum Gasteiger partial charge on any atom is 0.222 e. The van der Waals surface area contributed by atoms with Crippen molar-refractivity contribution in [2.75, 3.05) is 36.8 Å². The Labute approximate surface area is 231 Å². The number of amides is 1. The Morgan fingerprint density at radius 2 is 1.74 bits per heavy atom. The Morgan fingerprint density at radius 1 is 0.974 bits per heavy atom. The van der Waals surface area contributed by atoms with Crippen LogP contribution in [0.4, 0.5) is 10.1 Å². The lowest BCUT2D eigenvalue weighted by atomic mass is 10.1. The molecule has 0 saturated carbocycles. The van der Waals surface area contributed by atoms with Gasteiger partial charge in [0.2, 0.25) is 5.91 Å². The number of para-hydroxylation sites is 1. The van der Waals surface area contributed by atoms with Gasteiger partial charge < -0.3 is 9.80 Å². The maximum atomic E-state index is 14.1. The predicted octanol–water partition coefficient (Wildman–Crippen LogP) is 6.26. The first-order valence-corrected chi connectivity index (χ1v) is 14.0. The molecule has 9 heteroatoms. The van der Waals surface area contributed by atoms with Crippen LogP contribution in [0.15, 0.2) is 78.0 Å². The molecular weight excluding hydrogens is 521 g/mol. The van der Waals surface area contributed by atoms with E-state index in [9.17, 15) is 9.18 Å². The van der Waals surface area contributed by atoms with Crippen molar-refractivity contribution in [1.82, 2.24) is 19.7 Å². The summed E-state index contributed by atoms with van der Waals surface area (Å²) in [7, 11) is 0. The SMILES string of the molecule is Cc1ccc(-c2nnc(SCCCC(=O)N3CCN(c4ccccc4F)CC3)n2-c2cccc(Cl)c2)cc1. The Bertz CT molecular complexity index is 1400. The molecule has 0 aliphatic carbocycles. The summed E-state index contributed by atoms with van der Waals surface area (Å²) in [6, 6.07) is 22.6. The number of carbonyl (C=O) groups is 1. The maximum absolute atomic E-state index is 14.1. The van der Waals surface area contributed by atoms with Gasteiger partial charge in [0, 0.05) is 48.9 Å². The number of carbonyl (C=O) groups excluding carboxylic acids is 1. The average molecular weight is 550 g/mol. The van der Waals surface area contributed by atoms with Crippen LogP contribution in [0.1, 0.15) is 18.4 Å². The number of aromatic nitrogens is 3. The van der Waals surface area contributed by atoms with Gasteiger partial charge in [-0.25, -0.2) is 4.39 Å². The molecule has 1 saturated heterocycles. The van der Waals surface area contributed by atoms with Crippen LogP contribution in [0.3, 0.4) is 0 Å². The van der Waals surface area contributed by atoms with Gasteiger partial charge >= 0.3 is 0 Å². The summed E-state index contributed by atoms with van der Waals surface area (Å²) in [6.07, 6.45) is 1.18. The van der Waals surface area contributed by atoms with Crippen molar-refractivity contribution in [2.24, 2.45) is 0 Å². The number of benzene rings is 3. The Morgan fingerprint density at radius 3 is 2.47 bits per heavy atom. The van der Waals surface area contributed by atoms with Crippen LogP contribution in [-0.2, 0) is 4.79 Å². The summed E-state index contributed by atoms with van der Waals surface area (Å²) >= 11 is 7.88. The molecule has 1 aliphatic heterocycles. The van der Waals surface area contributed by atoms with Crippen LogP contribution >= 0.6 is 23.4 Å². The molecule has 6 nitrogen and oxygen atoms in total. The van der Waals surface area contributed by atoms with Gasteiger partial charge in [-0.2, -0.15) is 0 Å². The third kappa shape index (κ3) is 6.03. The quantitative estimate of drug-likeness (QED) is 0.192. The Hall–Kier alpha value is -3.36. The summed E-state index contributed by atoms with van der Waals surface area (Å²) in [5.41, 5.74) is 3.64. The normalized spacial score (nSPS) is 13.7. The third-order valence-corrected chi connectivity index (χ3v) is 7.85. The molecule has 0 unspecified atom stereocenters. The topological polar surface area (TPSA) is 54.3 Å². The monoisotopic (exact) mass is 549 g/mol. The number of hydrogen-bond acceptors (Lipinski definition) is 5. The van der Waals surface area contributed by atoms with E-state index in [1.807, 2.05) is 56.8 Å². The van der Waals surface area contributed by atoms with Crippen molar-refractivity contribution in [2.45, 2.75) is 24.9 Å². The molecule has 0 N–H and O–H groups in total. The van der Waals surface area contributed by atoms with Gasteiger partial charge in [-0.05, 0) is 43.7 Å². The summed E-state index contributed by atoms with van der Waals surface area (Å²) in [6.45, 7) is 4.52. The molecule has 0 spiro atoms. The Kier molecular flexibility index (Phi) is 8.29. The third-order valence-electron chi connectivity index (χ3n) is 6.60. The molecule has 38 heavy (non-hydrogen) atoms. The molecule has 0 bridgehead atoms. The fourth-order valence-electron chi connectivity index (χ4n) is 4.55. The zero-order valence-corrected chi connectivity index (χ0v) is 22.8.